The molecule has 0 bridgehead atoms. The van der Waals surface area contributed by atoms with Crippen LogP contribution in [-0.2, 0) is 16.7 Å². The van der Waals surface area contributed by atoms with E-state index in [-0.39, 0.29) is 35.0 Å². The van der Waals surface area contributed by atoms with Gasteiger partial charge in [0, 0.05) is 18.3 Å². The van der Waals surface area contributed by atoms with Gasteiger partial charge in [0.05, 0.1) is 7.11 Å². The predicted molar refractivity (Wildman–Crippen MR) is 133 cm³/mol. The Labute approximate surface area is 205 Å². The number of rotatable bonds is 9. The molecule has 0 aliphatic rings. The van der Waals surface area contributed by atoms with Gasteiger partial charge >= 0.3 is 16.1 Å². The highest BCUT2D eigenvalue weighted by molar-refractivity contribution is 7.87. The maximum Gasteiger partial charge on any atom is 0.339 e. The third-order valence-corrected chi connectivity index (χ3v) is 6.78. The number of aryl methyl sites for hydroxylation is 1. The van der Waals surface area contributed by atoms with E-state index in [9.17, 15) is 17.6 Å². The zero-order valence-corrected chi connectivity index (χ0v) is 20.9. The van der Waals surface area contributed by atoms with Crippen LogP contribution < -0.4 is 14.2 Å². The Hall–Kier alpha value is -3.59. The topological polar surface area (TPSA) is 84.9 Å². The van der Waals surface area contributed by atoms with Gasteiger partial charge in [0.25, 0.3) is 0 Å². The third kappa shape index (κ3) is 6.73. The number of carbonyl (C=O) groups is 1. The summed E-state index contributed by atoms with van der Waals surface area (Å²) in [5, 5.41) is 2.92. The van der Waals surface area contributed by atoms with Crippen molar-refractivity contribution in [3.63, 3.8) is 0 Å². The zero-order valence-electron chi connectivity index (χ0n) is 20.1. The highest BCUT2D eigenvalue weighted by atomic mass is 32.2. The Balaban J connectivity index is 1.86. The van der Waals surface area contributed by atoms with Crippen molar-refractivity contribution in [3.8, 4) is 11.5 Å². The van der Waals surface area contributed by atoms with Crippen LogP contribution in [0.15, 0.2) is 71.6 Å². The number of nitrogens with zero attached hydrogens (tertiary/aromatic N) is 1. The Morgan fingerprint density at radius 1 is 1.06 bits per heavy atom. The number of anilines is 1. The minimum Gasteiger partial charge on any atom is -0.493 e. The molecule has 186 valence electrons. The van der Waals surface area contributed by atoms with E-state index in [1.165, 1.54) is 13.2 Å². The molecule has 7 nitrogen and oxygen atoms in total. The molecule has 0 fully saturated rings. The van der Waals surface area contributed by atoms with E-state index in [0.717, 1.165) is 36.2 Å². The number of ether oxygens (including phenoxy) is 1. The highest BCUT2D eigenvalue weighted by Crippen LogP contribution is 2.32. The maximum atomic E-state index is 13.2. The van der Waals surface area contributed by atoms with Gasteiger partial charge in [-0.1, -0.05) is 25.1 Å². The summed E-state index contributed by atoms with van der Waals surface area (Å²) in [6.07, 6.45) is 0.722. The minimum absolute atomic E-state index is 0.0301. The predicted octanol–water partition coefficient (Wildman–Crippen LogP) is 5.74. The Morgan fingerprint density at radius 2 is 1.77 bits per heavy atom. The summed E-state index contributed by atoms with van der Waals surface area (Å²) in [5.74, 6) is -0.381. The molecule has 3 aromatic carbocycles. The van der Waals surface area contributed by atoms with Crippen molar-refractivity contribution < 1.29 is 26.5 Å². The van der Waals surface area contributed by atoms with Crippen LogP contribution in [0, 0.1) is 12.7 Å². The number of halogens is 1. The van der Waals surface area contributed by atoms with Crippen LogP contribution >= 0.6 is 0 Å². The highest BCUT2D eigenvalue weighted by Gasteiger charge is 2.23. The van der Waals surface area contributed by atoms with Crippen molar-refractivity contribution >= 4 is 21.8 Å². The lowest BCUT2D eigenvalue weighted by Crippen LogP contribution is -2.40. The van der Waals surface area contributed by atoms with Crippen LogP contribution in [0.1, 0.15) is 31.4 Å². The second kappa shape index (κ2) is 11.2. The fourth-order valence-corrected chi connectivity index (χ4v) is 4.35. The van der Waals surface area contributed by atoms with Crippen LogP contribution in [0.4, 0.5) is 14.9 Å². The molecule has 0 radical (unpaired) electrons. The number of urea groups is 1. The van der Waals surface area contributed by atoms with Gasteiger partial charge < -0.3 is 19.1 Å². The van der Waals surface area contributed by atoms with Crippen LogP contribution in [-0.4, -0.2) is 32.5 Å². The smallest absolute Gasteiger partial charge is 0.339 e. The molecule has 1 atom stereocenters. The van der Waals surface area contributed by atoms with Crippen LogP contribution in [0.25, 0.3) is 0 Å². The molecule has 0 aromatic heterocycles. The Bertz CT molecular complexity index is 1280. The standard InChI is InChI=1S/C26H29FN2O5S/c1-5-19(3)29(26(30)28-22-8-6-7-18(2)15-22)17-20-9-14-24(33-4)25(16-20)34-35(31,32)23-12-10-21(27)11-13-23/h6-16,19H,5,17H2,1-4H3,(H,28,30)/t19-/m0/s1. The van der Waals surface area contributed by atoms with Crippen molar-refractivity contribution in [3.05, 3.63) is 83.7 Å². The number of hydrogen-bond acceptors (Lipinski definition) is 5. The van der Waals surface area contributed by atoms with Gasteiger partial charge in [-0.05, 0) is 79.9 Å². The number of carbonyl (C=O) groups excluding carboxylic acids is 1. The van der Waals surface area contributed by atoms with Gasteiger partial charge in [-0.2, -0.15) is 8.42 Å². The van der Waals surface area contributed by atoms with Gasteiger partial charge in [0.2, 0.25) is 0 Å². The number of nitrogens with one attached hydrogen (secondary N) is 1. The summed E-state index contributed by atoms with van der Waals surface area (Å²) in [6, 6.07) is 16.3. The molecule has 0 aliphatic carbocycles. The fraction of sp³-hybridized carbons (Fsp3) is 0.269. The van der Waals surface area contributed by atoms with Gasteiger partial charge in [0.1, 0.15) is 10.7 Å². The summed E-state index contributed by atoms with van der Waals surface area (Å²) in [4.78, 5) is 14.6. The molecule has 1 N–H and O–H groups in total. The summed E-state index contributed by atoms with van der Waals surface area (Å²) < 4.78 is 49.3. The minimum atomic E-state index is -4.23. The Morgan fingerprint density at radius 3 is 2.40 bits per heavy atom. The van der Waals surface area contributed by atoms with E-state index >= 15 is 0 Å². The van der Waals surface area contributed by atoms with Gasteiger partial charge in [0.15, 0.2) is 11.5 Å². The SMILES string of the molecule is CC[C@H](C)N(Cc1ccc(OC)c(OS(=O)(=O)c2ccc(F)cc2)c1)C(=O)Nc1cccc(C)c1. The van der Waals surface area contributed by atoms with Crippen LogP contribution in [0.5, 0.6) is 11.5 Å². The second-order valence-corrected chi connectivity index (χ2v) is 9.71. The first-order valence-corrected chi connectivity index (χ1v) is 12.5. The van der Waals surface area contributed by atoms with E-state index < -0.39 is 15.9 Å². The molecule has 2 amide bonds. The van der Waals surface area contributed by atoms with Crippen molar-refractivity contribution in [2.24, 2.45) is 0 Å². The molecule has 0 heterocycles. The molecule has 0 saturated heterocycles. The molecule has 0 aliphatic heterocycles. The van der Waals surface area contributed by atoms with E-state index in [0.29, 0.717) is 11.3 Å². The first kappa shape index (κ1) is 26.0. The summed E-state index contributed by atoms with van der Waals surface area (Å²) >= 11 is 0. The summed E-state index contributed by atoms with van der Waals surface area (Å²) in [7, 11) is -2.83. The summed E-state index contributed by atoms with van der Waals surface area (Å²) in [5.41, 5.74) is 2.36. The van der Waals surface area contributed by atoms with E-state index in [2.05, 4.69) is 5.32 Å². The zero-order chi connectivity index (χ0) is 25.6. The lowest BCUT2D eigenvalue weighted by Gasteiger charge is -2.29. The first-order valence-electron chi connectivity index (χ1n) is 11.1. The first-order chi connectivity index (χ1) is 16.6. The molecule has 0 spiro atoms. The number of amides is 2. The molecular formula is C26H29FN2O5S. The van der Waals surface area contributed by atoms with Crippen LogP contribution in [0.3, 0.4) is 0 Å². The number of methoxy groups -OCH3 is 1. The number of hydrogen-bond donors (Lipinski definition) is 1. The van der Waals surface area contributed by atoms with Crippen LogP contribution in [0.2, 0.25) is 0 Å². The largest absolute Gasteiger partial charge is 0.493 e. The molecule has 35 heavy (non-hydrogen) atoms. The van der Waals surface area contributed by atoms with Crippen molar-refractivity contribution in [1.29, 1.82) is 0 Å². The third-order valence-electron chi connectivity index (χ3n) is 5.54. The molecule has 3 aromatic rings. The van der Waals surface area contributed by atoms with Crippen molar-refractivity contribution in [2.75, 3.05) is 12.4 Å². The average molecular weight is 501 g/mol. The van der Waals surface area contributed by atoms with E-state index in [1.807, 2.05) is 45.0 Å². The van der Waals surface area contributed by atoms with Crippen molar-refractivity contribution in [1.82, 2.24) is 4.90 Å². The van der Waals surface area contributed by atoms with Gasteiger partial charge in [-0.3, -0.25) is 0 Å². The quantitative estimate of drug-likeness (QED) is 0.379. The molecule has 0 saturated carbocycles. The lowest BCUT2D eigenvalue weighted by molar-refractivity contribution is 0.187. The van der Waals surface area contributed by atoms with Gasteiger partial charge in [-0.15, -0.1) is 0 Å². The Kier molecular flexibility index (Phi) is 8.34. The average Bonchev–Trinajstić information content (AvgIpc) is 2.82. The normalized spacial score (nSPS) is 12.0. The molecule has 3 rings (SSSR count). The monoisotopic (exact) mass is 500 g/mol. The van der Waals surface area contributed by atoms with Gasteiger partial charge in [-0.25, -0.2) is 9.18 Å². The maximum absolute atomic E-state index is 13.2. The fourth-order valence-electron chi connectivity index (χ4n) is 3.42. The number of benzene rings is 3. The van der Waals surface area contributed by atoms with Crippen molar-refractivity contribution in [2.45, 2.75) is 44.7 Å². The lowest BCUT2D eigenvalue weighted by atomic mass is 10.1. The van der Waals surface area contributed by atoms with E-state index in [1.54, 1.807) is 17.0 Å². The molecular weight excluding hydrogens is 471 g/mol. The van der Waals surface area contributed by atoms with E-state index in [4.69, 9.17) is 8.92 Å². The molecule has 9 heteroatoms. The summed E-state index contributed by atoms with van der Waals surface area (Å²) in [6.45, 7) is 6.08. The molecule has 0 unspecified atom stereocenters. The second-order valence-electron chi connectivity index (χ2n) is 8.16.